The van der Waals surface area contributed by atoms with Crippen LogP contribution in [0.2, 0.25) is 0 Å². The largest absolute Gasteiger partial charge is 0.356 e. The highest BCUT2D eigenvalue weighted by molar-refractivity contribution is 5.94. The molecule has 5 nitrogen and oxygen atoms in total. The molecule has 0 aliphatic heterocycles. The number of hydrogen-bond acceptors (Lipinski definition) is 3. The van der Waals surface area contributed by atoms with Crippen LogP contribution in [-0.2, 0) is 4.79 Å². The first-order chi connectivity index (χ1) is 10.1. The van der Waals surface area contributed by atoms with Crippen LogP contribution in [0.25, 0.3) is 0 Å². The Morgan fingerprint density at radius 3 is 2.33 bits per heavy atom. The van der Waals surface area contributed by atoms with Gasteiger partial charge in [0.15, 0.2) is 0 Å². The van der Waals surface area contributed by atoms with E-state index in [1.165, 1.54) is 24.3 Å². The summed E-state index contributed by atoms with van der Waals surface area (Å²) >= 11 is 0. The third-order valence-electron chi connectivity index (χ3n) is 2.90. The second-order valence-electron chi connectivity index (χ2n) is 4.67. The molecule has 0 unspecified atom stereocenters. The lowest BCUT2D eigenvalue weighted by molar-refractivity contribution is -0.121. The number of halogens is 1. The molecule has 6 heteroatoms. The second kappa shape index (κ2) is 9.88. The average molecular weight is 295 g/mol. The van der Waals surface area contributed by atoms with Crippen LogP contribution in [0.15, 0.2) is 24.3 Å². The number of benzene rings is 1. The molecule has 116 valence electrons. The molecule has 2 amide bonds. The van der Waals surface area contributed by atoms with Gasteiger partial charge in [0.1, 0.15) is 5.82 Å². The van der Waals surface area contributed by atoms with E-state index in [4.69, 9.17) is 0 Å². The summed E-state index contributed by atoms with van der Waals surface area (Å²) in [4.78, 5) is 23.2. The van der Waals surface area contributed by atoms with E-state index in [9.17, 15) is 14.0 Å². The number of carbonyl (C=O) groups excluding carboxylic acids is 2. The maximum absolute atomic E-state index is 12.7. The van der Waals surface area contributed by atoms with Gasteiger partial charge in [-0.25, -0.2) is 4.39 Å². The van der Waals surface area contributed by atoms with Crippen LogP contribution < -0.4 is 16.0 Å². The number of nitrogens with one attached hydrogen (secondary N) is 3. The predicted octanol–water partition coefficient (Wildman–Crippen LogP) is 1.06. The van der Waals surface area contributed by atoms with Crippen molar-refractivity contribution >= 4 is 11.8 Å². The van der Waals surface area contributed by atoms with E-state index < -0.39 is 0 Å². The second-order valence-corrected chi connectivity index (χ2v) is 4.67. The van der Waals surface area contributed by atoms with Crippen LogP contribution >= 0.6 is 0 Å². The number of hydrogen-bond donors (Lipinski definition) is 3. The van der Waals surface area contributed by atoms with Crippen LogP contribution in [0, 0.1) is 5.82 Å². The molecule has 1 aromatic carbocycles. The standard InChI is InChI=1S/C15H22FN3O2/c1-17-9-3-11-18-14(20)4-2-10-19-15(21)12-5-7-13(16)8-6-12/h5-8,17H,2-4,9-11H2,1H3,(H,18,20)(H,19,21). The van der Waals surface area contributed by atoms with Gasteiger partial charge in [0.25, 0.3) is 5.91 Å². The normalized spacial score (nSPS) is 10.2. The number of rotatable bonds is 9. The Morgan fingerprint density at radius 2 is 1.67 bits per heavy atom. The molecule has 0 aliphatic carbocycles. The van der Waals surface area contributed by atoms with Gasteiger partial charge in [-0.05, 0) is 50.7 Å². The predicted molar refractivity (Wildman–Crippen MR) is 79.5 cm³/mol. The summed E-state index contributed by atoms with van der Waals surface area (Å²) in [6, 6.07) is 5.35. The van der Waals surface area contributed by atoms with E-state index in [0.29, 0.717) is 31.5 Å². The highest BCUT2D eigenvalue weighted by atomic mass is 19.1. The molecule has 0 heterocycles. The number of amides is 2. The zero-order valence-corrected chi connectivity index (χ0v) is 12.2. The SMILES string of the molecule is CNCCCNC(=O)CCCNC(=O)c1ccc(F)cc1. The van der Waals surface area contributed by atoms with Crippen molar-refractivity contribution < 1.29 is 14.0 Å². The zero-order valence-electron chi connectivity index (χ0n) is 12.2. The molecule has 0 aliphatic rings. The quantitative estimate of drug-likeness (QED) is 0.597. The summed E-state index contributed by atoms with van der Waals surface area (Å²) < 4.78 is 12.7. The first-order valence-electron chi connectivity index (χ1n) is 7.08. The van der Waals surface area contributed by atoms with Crippen molar-refractivity contribution in [2.75, 3.05) is 26.7 Å². The van der Waals surface area contributed by atoms with Crippen molar-refractivity contribution in [3.05, 3.63) is 35.6 Å². The van der Waals surface area contributed by atoms with E-state index >= 15 is 0 Å². The molecule has 3 N–H and O–H groups in total. The van der Waals surface area contributed by atoms with E-state index in [1.54, 1.807) is 0 Å². The van der Waals surface area contributed by atoms with Crippen molar-refractivity contribution in [3.8, 4) is 0 Å². The van der Waals surface area contributed by atoms with Crippen molar-refractivity contribution in [2.24, 2.45) is 0 Å². The smallest absolute Gasteiger partial charge is 0.251 e. The zero-order chi connectivity index (χ0) is 15.5. The summed E-state index contributed by atoms with van der Waals surface area (Å²) in [5.41, 5.74) is 0.410. The van der Waals surface area contributed by atoms with Gasteiger partial charge in [0.2, 0.25) is 5.91 Å². The van der Waals surface area contributed by atoms with Crippen LogP contribution in [0.4, 0.5) is 4.39 Å². The van der Waals surface area contributed by atoms with Crippen molar-refractivity contribution in [2.45, 2.75) is 19.3 Å². The van der Waals surface area contributed by atoms with Gasteiger partial charge in [0, 0.05) is 25.1 Å². The summed E-state index contributed by atoms with van der Waals surface area (Å²) in [6.45, 7) is 1.94. The van der Waals surface area contributed by atoms with E-state index in [1.807, 2.05) is 7.05 Å². The Morgan fingerprint density at radius 1 is 1.00 bits per heavy atom. The topological polar surface area (TPSA) is 70.2 Å². The Hall–Kier alpha value is -1.95. The van der Waals surface area contributed by atoms with Crippen molar-refractivity contribution in [1.29, 1.82) is 0 Å². The molecule has 0 saturated heterocycles. The fourth-order valence-electron chi connectivity index (χ4n) is 1.74. The van der Waals surface area contributed by atoms with Gasteiger partial charge in [-0.3, -0.25) is 9.59 Å². The lowest BCUT2D eigenvalue weighted by Crippen LogP contribution is -2.28. The lowest BCUT2D eigenvalue weighted by Gasteiger charge is -2.06. The molecule has 21 heavy (non-hydrogen) atoms. The maximum Gasteiger partial charge on any atom is 0.251 e. The Balaban J connectivity index is 2.12. The first kappa shape index (κ1) is 17.1. The molecule has 0 aromatic heterocycles. The minimum Gasteiger partial charge on any atom is -0.356 e. The van der Waals surface area contributed by atoms with Gasteiger partial charge < -0.3 is 16.0 Å². The summed E-state index contributed by atoms with van der Waals surface area (Å²) in [5, 5.41) is 8.51. The minimum atomic E-state index is -0.374. The monoisotopic (exact) mass is 295 g/mol. The molecule has 0 atom stereocenters. The Labute approximate surface area is 124 Å². The molecule has 0 fully saturated rings. The van der Waals surface area contributed by atoms with Crippen LogP contribution in [0.3, 0.4) is 0 Å². The molecule has 1 aromatic rings. The van der Waals surface area contributed by atoms with E-state index in [-0.39, 0.29) is 17.6 Å². The fraction of sp³-hybridized carbons (Fsp3) is 0.467. The average Bonchev–Trinajstić information content (AvgIpc) is 2.48. The fourth-order valence-corrected chi connectivity index (χ4v) is 1.74. The lowest BCUT2D eigenvalue weighted by atomic mass is 10.2. The van der Waals surface area contributed by atoms with Crippen LogP contribution in [-0.4, -0.2) is 38.5 Å². The van der Waals surface area contributed by atoms with Gasteiger partial charge in [0.05, 0.1) is 0 Å². The third kappa shape index (κ3) is 7.41. The molecule has 0 bridgehead atoms. The minimum absolute atomic E-state index is 0.0119. The van der Waals surface area contributed by atoms with Gasteiger partial charge in [-0.15, -0.1) is 0 Å². The summed E-state index contributed by atoms with van der Waals surface area (Å²) in [6.07, 6.45) is 1.84. The molecule has 0 saturated carbocycles. The van der Waals surface area contributed by atoms with Gasteiger partial charge in [-0.2, -0.15) is 0 Å². The van der Waals surface area contributed by atoms with Gasteiger partial charge >= 0.3 is 0 Å². The molecular formula is C15H22FN3O2. The third-order valence-corrected chi connectivity index (χ3v) is 2.90. The van der Waals surface area contributed by atoms with Gasteiger partial charge in [-0.1, -0.05) is 0 Å². The van der Waals surface area contributed by atoms with Crippen LogP contribution in [0.5, 0.6) is 0 Å². The Bertz CT molecular complexity index is 449. The molecular weight excluding hydrogens is 273 g/mol. The Kier molecular flexibility index (Phi) is 8.04. The highest BCUT2D eigenvalue weighted by Crippen LogP contribution is 2.02. The van der Waals surface area contributed by atoms with E-state index in [0.717, 1.165) is 13.0 Å². The molecule has 0 radical (unpaired) electrons. The highest BCUT2D eigenvalue weighted by Gasteiger charge is 2.05. The van der Waals surface area contributed by atoms with Crippen molar-refractivity contribution in [1.82, 2.24) is 16.0 Å². The van der Waals surface area contributed by atoms with Crippen molar-refractivity contribution in [3.63, 3.8) is 0 Å². The van der Waals surface area contributed by atoms with Crippen LogP contribution in [0.1, 0.15) is 29.6 Å². The maximum atomic E-state index is 12.7. The first-order valence-corrected chi connectivity index (χ1v) is 7.08. The summed E-state index contributed by atoms with van der Waals surface area (Å²) in [7, 11) is 1.87. The number of carbonyl (C=O) groups is 2. The molecule has 1 rings (SSSR count). The van der Waals surface area contributed by atoms with E-state index in [2.05, 4.69) is 16.0 Å². The molecule has 0 spiro atoms. The summed E-state index contributed by atoms with van der Waals surface area (Å²) in [5.74, 6) is -0.645.